The number of hydrogen-bond donors (Lipinski definition) is 2. The van der Waals surface area contributed by atoms with Gasteiger partial charge in [0.2, 0.25) is 11.9 Å². The number of carbonyl (C=O) groups is 1. The van der Waals surface area contributed by atoms with Crippen molar-refractivity contribution >= 4 is 40.5 Å². The van der Waals surface area contributed by atoms with Crippen LogP contribution in [0.2, 0.25) is 0 Å². The first-order chi connectivity index (χ1) is 16.8. The van der Waals surface area contributed by atoms with Gasteiger partial charge < -0.3 is 20.9 Å². The van der Waals surface area contributed by atoms with Gasteiger partial charge in [-0.05, 0) is 30.5 Å². The number of hydrogen-bond acceptors (Lipinski definition) is 8. The Hall–Kier alpha value is -3.75. The van der Waals surface area contributed by atoms with Crippen molar-refractivity contribution in [3.63, 3.8) is 0 Å². The first-order valence-corrected chi connectivity index (χ1v) is 12.1. The van der Waals surface area contributed by atoms with Crippen molar-refractivity contribution in [1.29, 1.82) is 0 Å². The molecule has 35 heavy (non-hydrogen) atoms. The molecule has 0 radical (unpaired) electrons. The van der Waals surface area contributed by atoms with Crippen LogP contribution in [0.4, 0.5) is 17.5 Å². The Bertz CT molecular complexity index is 1220. The average Bonchev–Trinajstić information content (AvgIpc) is 2.85. The minimum Gasteiger partial charge on any atom is -0.394 e. The Kier molecular flexibility index (Phi) is 7.43. The van der Waals surface area contributed by atoms with Crippen LogP contribution in [-0.4, -0.2) is 64.7 Å². The molecule has 3 aromatic rings. The zero-order valence-electron chi connectivity index (χ0n) is 20.9. The van der Waals surface area contributed by atoms with Gasteiger partial charge in [-0.2, -0.15) is 4.98 Å². The van der Waals surface area contributed by atoms with Gasteiger partial charge in [0.25, 0.3) is 0 Å². The van der Waals surface area contributed by atoms with E-state index in [1.165, 1.54) is 0 Å². The van der Waals surface area contributed by atoms with Gasteiger partial charge in [0.05, 0.1) is 11.6 Å². The number of fused-ring (bicyclic) bond motifs is 1. The molecule has 0 unspecified atom stereocenters. The number of nitrogen functional groups attached to an aromatic ring is 1. The monoisotopic (exact) mass is 474 g/mol. The summed E-state index contributed by atoms with van der Waals surface area (Å²) in [7, 11) is 0. The van der Waals surface area contributed by atoms with E-state index in [1.54, 1.807) is 13.1 Å². The maximum absolute atomic E-state index is 11.7. The quantitative estimate of drug-likeness (QED) is 0.504. The number of rotatable bonds is 7. The van der Waals surface area contributed by atoms with Gasteiger partial charge >= 0.3 is 0 Å². The highest BCUT2D eigenvalue weighted by Crippen LogP contribution is 2.28. The fourth-order valence-corrected chi connectivity index (χ4v) is 4.01. The van der Waals surface area contributed by atoms with Crippen LogP contribution in [0.25, 0.3) is 10.9 Å². The third-order valence-electron chi connectivity index (χ3n) is 6.12. The van der Waals surface area contributed by atoms with E-state index in [2.05, 4.69) is 53.1 Å². The van der Waals surface area contributed by atoms with Crippen LogP contribution in [0.1, 0.15) is 45.0 Å². The summed E-state index contributed by atoms with van der Waals surface area (Å²) < 4.78 is 0. The normalized spacial score (nSPS) is 15.2. The maximum atomic E-state index is 11.7. The molecular formula is C26H34N8O. The fourth-order valence-electron chi connectivity index (χ4n) is 4.01. The highest BCUT2D eigenvalue weighted by molar-refractivity contribution is 5.89. The van der Waals surface area contributed by atoms with Crippen molar-refractivity contribution in [2.24, 2.45) is 10.9 Å². The van der Waals surface area contributed by atoms with E-state index in [0.29, 0.717) is 61.8 Å². The highest BCUT2D eigenvalue weighted by Gasteiger charge is 2.23. The van der Waals surface area contributed by atoms with E-state index < -0.39 is 0 Å². The van der Waals surface area contributed by atoms with Crippen molar-refractivity contribution in [3.05, 3.63) is 47.8 Å². The number of anilines is 3. The summed E-state index contributed by atoms with van der Waals surface area (Å²) in [5.41, 5.74) is 9.56. The third kappa shape index (κ3) is 5.85. The highest BCUT2D eigenvalue weighted by atomic mass is 16.2. The lowest BCUT2D eigenvalue weighted by atomic mass is 10.1. The van der Waals surface area contributed by atoms with Gasteiger partial charge in [0.1, 0.15) is 11.4 Å². The molecule has 2 aromatic heterocycles. The number of benzene rings is 1. The van der Waals surface area contributed by atoms with E-state index in [1.807, 2.05) is 29.3 Å². The zero-order valence-corrected chi connectivity index (χ0v) is 20.9. The average molecular weight is 475 g/mol. The molecule has 1 atom stereocenters. The molecule has 4 rings (SSSR count). The summed E-state index contributed by atoms with van der Waals surface area (Å²) in [6.45, 7) is 11.2. The van der Waals surface area contributed by atoms with Gasteiger partial charge in [0, 0.05) is 57.4 Å². The number of nitrogens with zero attached hydrogens (tertiary/aromatic N) is 6. The van der Waals surface area contributed by atoms with Crippen molar-refractivity contribution in [2.45, 2.75) is 33.7 Å². The summed E-state index contributed by atoms with van der Waals surface area (Å²) in [6.07, 6.45) is 3.62. The molecule has 9 heteroatoms. The lowest BCUT2D eigenvalue weighted by Gasteiger charge is -2.34. The molecule has 0 spiro atoms. The molecule has 9 nitrogen and oxygen atoms in total. The number of nitrogens with two attached hydrogens (primary N) is 1. The molecule has 1 fully saturated rings. The SMILES string of the molecule is CC(=O)N1CCN(c2nc(C=NCC(C)C)c(N)c(N[C@H](C)c3cnc4ccccc4c3)n2)CC1. The van der Waals surface area contributed by atoms with Crippen LogP contribution in [0.15, 0.2) is 41.5 Å². The molecule has 0 bridgehead atoms. The van der Waals surface area contributed by atoms with Crippen LogP contribution in [0.5, 0.6) is 0 Å². The van der Waals surface area contributed by atoms with Crippen LogP contribution in [0, 0.1) is 5.92 Å². The molecule has 1 aliphatic heterocycles. The van der Waals surface area contributed by atoms with Gasteiger partial charge in [-0.1, -0.05) is 32.0 Å². The molecule has 0 saturated carbocycles. The second-order valence-electron chi connectivity index (χ2n) is 9.38. The number of carbonyl (C=O) groups excluding carboxylic acids is 1. The predicted octanol–water partition coefficient (Wildman–Crippen LogP) is 3.52. The molecule has 3 N–H and O–H groups in total. The summed E-state index contributed by atoms with van der Waals surface area (Å²) in [4.78, 5) is 34.3. The summed E-state index contributed by atoms with van der Waals surface area (Å²) in [5, 5.41) is 4.55. The molecular weight excluding hydrogens is 440 g/mol. The molecule has 3 heterocycles. The molecule has 1 aliphatic rings. The Morgan fingerprint density at radius 3 is 2.63 bits per heavy atom. The number of aliphatic imine (C=N–C) groups is 1. The fraction of sp³-hybridized carbons (Fsp3) is 0.423. The lowest BCUT2D eigenvalue weighted by molar-refractivity contribution is -0.129. The van der Waals surface area contributed by atoms with Crippen LogP contribution in [-0.2, 0) is 4.79 Å². The Labute approximate surface area is 206 Å². The van der Waals surface area contributed by atoms with Crippen molar-refractivity contribution in [3.8, 4) is 0 Å². The second-order valence-corrected chi connectivity index (χ2v) is 9.38. The molecule has 1 aromatic carbocycles. The van der Waals surface area contributed by atoms with Gasteiger partial charge in [-0.15, -0.1) is 0 Å². The lowest BCUT2D eigenvalue weighted by Crippen LogP contribution is -2.48. The van der Waals surface area contributed by atoms with Crippen LogP contribution >= 0.6 is 0 Å². The van der Waals surface area contributed by atoms with E-state index in [4.69, 9.17) is 15.7 Å². The van der Waals surface area contributed by atoms with Gasteiger partial charge in [-0.25, -0.2) is 4.98 Å². The summed E-state index contributed by atoms with van der Waals surface area (Å²) >= 11 is 0. The largest absolute Gasteiger partial charge is 0.394 e. The summed E-state index contributed by atoms with van der Waals surface area (Å²) in [6, 6.07) is 10.1. The molecule has 184 valence electrons. The standard InChI is InChI=1S/C26H34N8O/c1-17(2)14-28-16-23-24(27)25(32-26(31-23)34-11-9-33(10-12-34)19(4)35)30-18(3)21-13-20-7-5-6-8-22(20)29-15-21/h5-8,13,15-18H,9-12,14,27H2,1-4H3,(H,30,31,32)/t18-/m1/s1. The van der Waals surface area contributed by atoms with Crippen LogP contribution < -0.4 is 16.0 Å². The number of pyridine rings is 1. The number of nitrogens with one attached hydrogen (secondary N) is 1. The Morgan fingerprint density at radius 2 is 1.91 bits per heavy atom. The Morgan fingerprint density at radius 1 is 1.17 bits per heavy atom. The smallest absolute Gasteiger partial charge is 0.228 e. The van der Waals surface area contributed by atoms with Crippen molar-refractivity contribution in [1.82, 2.24) is 19.9 Å². The third-order valence-corrected chi connectivity index (χ3v) is 6.12. The number of piperazine rings is 1. The number of aromatic nitrogens is 3. The number of para-hydroxylation sites is 1. The Balaban J connectivity index is 1.62. The second kappa shape index (κ2) is 10.7. The van der Waals surface area contributed by atoms with Gasteiger partial charge in [0.15, 0.2) is 5.82 Å². The van der Waals surface area contributed by atoms with Gasteiger partial charge in [-0.3, -0.25) is 14.8 Å². The van der Waals surface area contributed by atoms with Crippen molar-refractivity contribution < 1.29 is 4.79 Å². The zero-order chi connectivity index (χ0) is 24.9. The molecule has 0 aliphatic carbocycles. The minimum atomic E-state index is -0.0767. The van der Waals surface area contributed by atoms with E-state index in [0.717, 1.165) is 16.5 Å². The van der Waals surface area contributed by atoms with E-state index >= 15 is 0 Å². The molecule has 1 amide bonds. The van der Waals surface area contributed by atoms with E-state index in [-0.39, 0.29) is 11.9 Å². The maximum Gasteiger partial charge on any atom is 0.228 e. The predicted molar refractivity (Wildman–Crippen MR) is 142 cm³/mol. The van der Waals surface area contributed by atoms with Crippen LogP contribution in [0.3, 0.4) is 0 Å². The topological polar surface area (TPSA) is 113 Å². The number of amides is 1. The van der Waals surface area contributed by atoms with E-state index in [9.17, 15) is 4.79 Å². The first kappa shape index (κ1) is 24.4. The summed E-state index contributed by atoms with van der Waals surface area (Å²) in [5.74, 6) is 1.67. The van der Waals surface area contributed by atoms with Crippen molar-refractivity contribution in [2.75, 3.05) is 48.7 Å². The first-order valence-electron chi connectivity index (χ1n) is 12.1. The molecule has 1 saturated heterocycles. The minimum absolute atomic E-state index is 0.0767.